The fourth-order valence-corrected chi connectivity index (χ4v) is 4.37. The Morgan fingerprint density at radius 2 is 1.74 bits per heavy atom. The van der Waals surface area contributed by atoms with E-state index in [4.69, 9.17) is 5.26 Å². The second kappa shape index (κ2) is 5.44. The van der Waals surface area contributed by atoms with Gasteiger partial charge in [0.25, 0.3) is 11.8 Å². The quantitative estimate of drug-likeness (QED) is 0.747. The molecule has 1 fully saturated rings. The zero-order valence-electron chi connectivity index (χ0n) is 12.5. The lowest BCUT2D eigenvalue weighted by Crippen LogP contribution is -2.38. The Morgan fingerprint density at radius 1 is 1.13 bits per heavy atom. The number of carbonyl (C=O) groups is 2. The average Bonchev–Trinajstić information content (AvgIpc) is 2.79. The van der Waals surface area contributed by atoms with E-state index in [0.717, 1.165) is 4.90 Å². The first-order valence-electron chi connectivity index (χ1n) is 7.22. The van der Waals surface area contributed by atoms with Gasteiger partial charge in [0.1, 0.15) is 0 Å². The molecular weight excluding hydrogens is 318 g/mol. The third-order valence-corrected chi connectivity index (χ3v) is 6.23. The third-order valence-electron chi connectivity index (χ3n) is 4.34. The van der Waals surface area contributed by atoms with Gasteiger partial charge in [0, 0.05) is 26.1 Å². The molecule has 1 saturated heterocycles. The number of nitriles is 1. The molecule has 2 aliphatic rings. The Morgan fingerprint density at radius 3 is 2.35 bits per heavy atom. The van der Waals surface area contributed by atoms with Gasteiger partial charge in [0.2, 0.25) is 10.0 Å². The lowest BCUT2D eigenvalue weighted by Gasteiger charge is -2.28. The molecule has 0 atom stereocenters. The molecule has 0 saturated carbocycles. The molecule has 2 amide bonds. The standard InChI is InChI=1S/C15H15N3O4S/c1-17-14(19)12-3-2-11(8-13(12)15(17)20)23(21,22)18-6-4-10(9-16)5-7-18/h2-3,8,10H,4-7H2,1H3. The molecule has 2 heterocycles. The van der Waals surface area contributed by atoms with Crippen molar-refractivity contribution < 1.29 is 18.0 Å². The zero-order chi connectivity index (χ0) is 16.8. The predicted octanol–water partition coefficient (Wildman–Crippen LogP) is 0.837. The van der Waals surface area contributed by atoms with Crippen molar-refractivity contribution in [2.24, 2.45) is 5.92 Å². The molecule has 0 radical (unpaired) electrons. The monoisotopic (exact) mass is 333 g/mol. The first-order chi connectivity index (χ1) is 10.9. The number of carbonyl (C=O) groups excluding carboxylic acids is 2. The van der Waals surface area contributed by atoms with Crippen molar-refractivity contribution in [2.45, 2.75) is 17.7 Å². The largest absolute Gasteiger partial charge is 0.277 e. The maximum absolute atomic E-state index is 12.7. The molecule has 8 heteroatoms. The van der Waals surface area contributed by atoms with E-state index in [9.17, 15) is 18.0 Å². The summed E-state index contributed by atoms with van der Waals surface area (Å²) in [4.78, 5) is 24.8. The number of imide groups is 1. The second-order valence-corrected chi connectivity index (χ2v) is 7.62. The van der Waals surface area contributed by atoms with Crippen LogP contribution in [-0.4, -0.2) is 49.6 Å². The summed E-state index contributed by atoms with van der Waals surface area (Å²) in [6.07, 6.45) is 1.00. The number of fused-ring (bicyclic) bond motifs is 1. The number of hydrogen-bond donors (Lipinski definition) is 0. The lowest BCUT2D eigenvalue weighted by atomic mass is 10.0. The summed E-state index contributed by atoms with van der Waals surface area (Å²) in [5.74, 6) is -1.04. The number of benzene rings is 1. The van der Waals surface area contributed by atoms with E-state index in [1.807, 2.05) is 0 Å². The van der Waals surface area contributed by atoms with E-state index in [1.165, 1.54) is 29.6 Å². The number of rotatable bonds is 2. The summed E-state index contributed by atoms with van der Waals surface area (Å²) in [5.41, 5.74) is 0.338. The van der Waals surface area contributed by atoms with Gasteiger partial charge in [-0.25, -0.2) is 8.42 Å². The molecule has 23 heavy (non-hydrogen) atoms. The van der Waals surface area contributed by atoms with Gasteiger partial charge in [0.05, 0.1) is 22.1 Å². The van der Waals surface area contributed by atoms with Crippen LogP contribution < -0.4 is 0 Å². The molecule has 2 aliphatic heterocycles. The number of sulfonamides is 1. The van der Waals surface area contributed by atoms with E-state index in [-0.39, 0.29) is 35.0 Å². The van der Waals surface area contributed by atoms with Crippen LogP contribution in [0.4, 0.5) is 0 Å². The van der Waals surface area contributed by atoms with E-state index in [0.29, 0.717) is 12.8 Å². The maximum Gasteiger partial charge on any atom is 0.261 e. The van der Waals surface area contributed by atoms with Crippen molar-refractivity contribution in [3.63, 3.8) is 0 Å². The van der Waals surface area contributed by atoms with Crippen molar-refractivity contribution in [1.29, 1.82) is 5.26 Å². The summed E-state index contributed by atoms with van der Waals surface area (Å²) in [6, 6.07) is 6.16. The minimum absolute atomic E-state index is 0.00288. The highest BCUT2D eigenvalue weighted by Crippen LogP contribution is 2.28. The van der Waals surface area contributed by atoms with E-state index in [1.54, 1.807) is 0 Å². The van der Waals surface area contributed by atoms with Crippen molar-refractivity contribution >= 4 is 21.8 Å². The summed E-state index contributed by atoms with van der Waals surface area (Å²) < 4.78 is 26.7. The summed E-state index contributed by atoms with van der Waals surface area (Å²) in [6.45, 7) is 0.564. The van der Waals surface area contributed by atoms with Crippen LogP contribution in [0.1, 0.15) is 33.6 Å². The van der Waals surface area contributed by atoms with Crippen molar-refractivity contribution in [3.8, 4) is 6.07 Å². The van der Waals surface area contributed by atoms with Crippen LogP contribution in [0.3, 0.4) is 0 Å². The minimum Gasteiger partial charge on any atom is -0.277 e. The fourth-order valence-electron chi connectivity index (χ4n) is 2.88. The summed E-state index contributed by atoms with van der Waals surface area (Å²) in [7, 11) is -2.37. The van der Waals surface area contributed by atoms with E-state index < -0.39 is 21.8 Å². The Hall–Kier alpha value is -2.24. The average molecular weight is 333 g/mol. The van der Waals surface area contributed by atoms with Crippen LogP contribution in [0, 0.1) is 17.2 Å². The summed E-state index contributed by atoms with van der Waals surface area (Å²) in [5, 5.41) is 8.89. The van der Waals surface area contributed by atoms with Crippen LogP contribution in [0.25, 0.3) is 0 Å². The Balaban J connectivity index is 1.93. The molecule has 1 aromatic rings. The van der Waals surface area contributed by atoms with Crippen LogP contribution in [0.5, 0.6) is 0 Å². The van der Waals surface area contributed by atoms with Crippen LogP contribution in [0.15, 0.2) is 23.1 Å². The Bertz CT molecular complexity index is 833. The molecular formula is C15H15N3O4S. The highest BCUT2D eigenvalue weighted by Gasteiger charge is 2.35. The highest BCUT2D eigenvalue weighted by molar-refractivity contribution is 7.89. The van der Waals surface area contributed by atoms with Gasteiger partial charge in [-0.2, -0.15) is 9.57 Å². The molecule has 7 nitrogen and oxygen atoms in total. The van der Waals surface area contributed by atoms with Crippen LogP contribution in [-0.2, 0) is 10.0 Å². The predicted molar refractivity (Wildman–Crippen MR) is 80.0 cm³/mol. The van der Waals surface area contributed by atoms with E-state index in [2.05, 4.69) is 6.07 Å². The van der Waals surface area contributed by atoms with Crippen LogP contribution in [0.2, 0.25) is 0 Å². The number of amides is 2. The van der Waals surface area contributed by atoms with Gasteiger partial charge < -0.3 is 0 Å². The van der Waals surface area contributed by atoms with Gasteiger partial charge in [-0.3, -0.25) is 14.5 Å². The SMILES string of the molecule is CN1C(=O)c2ccc(S(=O)(=O)N3CCC(C#N)CC3)cc2C1=O. The normalized spacial score (nSPS) is 19.7. The van der Waals surface area contributed by atoms with Crippen molar-refractivity contribution in [2.75, 3.05) is 20.1 Å². The smallest absolute Gasteiger partial charge is 0.261 e. The molecule has 0 aliphatic carbocycles. The number of nitrogens with zero attached hydrogens (tertiary/aromatic N) is 3. The highest BCUT2D eigenvalue weighted by atomic mass is 32.2. The fraction of sp³-hybridized carbons (Fsp3) is 0.400. The van der Waals surface area contributed by atoms with Crippen LogP contribution >= 0.6 is 0 Å². The van der Waals surface area contributed by atoms with Gasteiger partial charge in [0.15, 0.2) is 0 Å². The number of hydrogen-bond acceptors (Lipinski definition) is 5. The molecule has 0 N–H and O–H groups in total. The van der Waals surface area contributed by atoms with Gasteiger partial charge in [-0.05, 0) is 31.0 Å². The topological polar surface area (TPSA) is 98.6 Å². The van der Waals surface area contributed by atoms with Crippen molar-refractivity contribution in [1.82, 2.24) is 9.21 Å². The number of piperidine rings is 1. The first-order valence-corrected chi connectivity index (χ1v) is 8.66. The lowest BCUT2D eigenvalue weighted by molar-refractivity contribution is 0.0693. The zero-order valence-corrected chi connectivity index (χ0v) is 13.3. The molecule has 0 bridgehead atoms. The first kappa shape index (κ1) is 15.6. The van der Waals surface area contributed by atoms with Gasteiger partial charge in [-0.15, -0.1) is 0 Å². The molecule has 0 unspecified atom stereocenters. The second-order valence-electron chi connectivity index (χ2n) is 5.68. The van der Waals surface area contributed by atoms with Gasteiger partial charge >= 0.3 is 0 Å². The third kappa shape index (κ3) is 2.42. The Kier molecular flexibility index (Phi) is 3.70. The minimum atomic E-state index is -3.73. The Labute approximate surface area is 134 Å². The molecule has 120 valence electrons. The van der Waals surface area contributed by atoms with Gasteiger partial charge in [-0.1, -0.05) is 0 Å². The maximum atomic E-state index is 12.7. The van der Waals surface area contributed by atoms with Crippen molar-refractivity contribution in [3.05, 3.63) is 29.3 Å². The van der Waals surface area contributed by atoms with E-state index >= 15 is 0 Å². The molecule has 3 rings (SSSR count). The molecule has 0 aromatic heterocycles. The molecule has 0 spiro atoms. The summed E-state index contributed by atoms with van der Waals surface area (Å²) >= 11 is 0. The molecule has 1 aromatic carbocycles.